The molecule has 1 aliphatic heterocycles. The van der Waals surface area contributed by atoms with Crippen LogP contribution >= 0.6 is 11.3 Å². The van der Waals surface area contributed by atoms with Gasteiger partial charge in [-0.25, -0.2) is 4.98 Å². The number of anilines is 1. The number of rotatable bonds is 12. The van der Waals surface area contributed by atoms with E-state index in [1.807, 2.05) is 12.1 Å². The Kier molecular flexibility index (Phi) is 11.3. The second-order valence-corrected chi connectivity index (χ2v) is 13.4. The Morgan fingerprint density at radius 2 is 1.63 bits per heavy atom. The number of hydrogen-bond donors (Lipinski definition) is 0. The Balaban J connectivity index is 2.30. The molecule has 7 nitrogen and oxygen atoms in total. The van der Waals surface area contributed by atoms with Gasteiger partial charge < -0.3 is 4.90 Å². The molecule has 1 aromatic carbocycles. The molecular formula is C35H46N4O3S. The number of carbonyl (C=O) groups excluding carboxylic acids is 3. The van der Waals surface area contributed by atoms with Crippen LogP contribution in [0.1, 0.15) is 96.6 Å². The first-order chi connectivity index (χ1) is 20.3. The SMILES string of the molecule is CCCCN(CCCC)c1nc(-c2c(C)cccc2C)c(/C=C2\C(=O)N(C(CC)C(=O)C(C)(C)C)C(=O)C(C#N)=C2C)s1. The van der Waals surface area contributed by atoms with Crippen LogP contribution in [0.3, 0.4) is 0 Å². The number of aryl methyl sites for hydroxylation is 2. The topological polar surface area (TPSA) is 94.4 Å². The smallest absolute Gasteiger partial charge is 0.272 e. The van der Waals surface area contributed by atoms with Gasteiger partial charge in [0.05, 0.1) is 16.6 Å². The Hall–Kier alpha value is -3.57. The number of carbonyl (C=O) groups is 3. The number of nitriles is 1. The number of thiazole rings is 1. The molecule has 0 spiro atoms. The maximum absolute atomic E-state index is 14.2. The molecule has 0 fully saturated rings. The minimum atomic E-state index is -0.964. The van der Waals surface area contributed by atoms with Gasteiger partial charge in [0.25, 0.3) is 11.8 Å². The first-order valence-electron chi connectivity index (χ1n) is 15.4. The number of unbranched alkanes of at least 4 members (excludes halogenated alkanes) is 2. The van der Waals surface area contributed by atoms with E-state index in [9.17, 15) is 19.6 Å². The fourth-order valence-electron chi connectivity index (χ4n) is 5.42. The lowest BCUT2D eigenvalue weighted by Crippen LogP contribution is -2.54. The van der Waals surface area contributed by atoms with Gasteiger partial charge >= 0.3 is 0 Å². The predicted octanol–water partition coefficient (Wildman–Crippen LogP) is 7.82. The van der Waals surface area contributed by atoms with E-state index in [2.05, 4.69) is 44.7 Å². The highest BCUT2D eigenvalue weighted by atomic mass is 32.1. The third-order valence-corrected chi connectivity index (χ3v) is 9.05. The van der Waals surface area contributed by atoms with E-state index in [0.29, 0.717) is 5.57 Å². The Labute approximate surface area is 261 Å². The summed E-state index contributed by atoms with van der Waals surface area (Å²) in [6.07, 6.45) is 6.27. The van der Waals surface area contributed by atoms with Crippen LogP contribution in [0.15, 0.2) is 34.9 Å². The summed E-state index contributed by atoms with van der Waals surface area (Å²) in [5, 5.41) is 10.9. The van der Waals surface area contributed by atoms with Crippen molar-refractivity contribution in [3.05, 3.63) is 50.9 Å². The molecule has 0 N–H and O–H groups in total. The average molecular weight is 603 g/mol. The average Bonchev–Trinajstić information content (AvgIpc) is 3.35. The van der Waals surface area contributed by atoms with Crippen LogP contribution in [-0.4, -0.2) is 46.6 Å². The molecule has 230 valence electrons. The van der Waals surface area contributed by atoms with Gasteiger partial charge in [0.15, 0.2) is 10.9 Å². The molecule has 0 bridgehead atoms. The fourth-order valence-corrected chi connectivity index (χ4v) is 6.49. The van der Waals surface area contributed by atoms with E-state index in [-0.39, 0.29) is 23.4 Å². The number of amides is 2. The largest absolute Gasteiger partial charge is 0.348 e. The van der Waals surface area contributed by atoms with E-state index in [1.54, 1.807) is 40.7 Å². The summed E-state index contributed by atoms with van der Waals surface area (Å²) in [5.74, 6) is -1.48. The summed E-state index contributed by atoms with van der Waals surface area (Å²) >= 11 is 1.52. The van der Waals surface area contributed by atoms with Crippen molar-refractivity contribution in [1.29, 1.82) is 5.26 Å². The molecule has 3 rings (SSSR count). The van der Waals surface area contributed by atoms with Gasteiger partial charge in [-0.15, -0.1) is 0 Å². The highest BCUT2D eigenvalue weighted by Crippen LogP contribution is 2.40. The number of ketones is 1. The van der Waals surface area contributed by atoms with Crippen LogP contribution in [0, 0.1) is 30.6 Å². The van der Waals surface area contributed by atoms with Gasteiger partial charge in [-0.1, -0.05) is 83.9 Å². The Morgan fingerprint density at radius 3 is 2.12 bits per heavy atom. The molecule has 8 heteroatoms. The molecule has 2 heterocycles. The second kappa shape index (κ2) is 14.3. The quantitative estimate of drug-likeness (QED) is 0.182. The highest BCUT2D eigenvalue weighted by Gasteiger charge is 2.44. The number of hydrogen-bond acceptors (Lipinski definition) is 7. The third-order valence-electron chi connectivity index (χ3n) is 7.98. The highest BCUT2D eigenvalue weighted by molar-refractivity contribution is 7.17. The maximum atomic E-state index is 14.2. The summed E-state index contributed by atoms with van der Waals surface area (Å²) in [6.45, 7) is 19.0. The standard InChI is InChI=1S/C35H46N4O3S/c1-10-13-18-38(19-14-11-2)34-37-30(29-22(4)16-15-17-23(29)5)28(43-34)20-25-24(6)26(21-36)33(42)39(32(25)41)27(12-3)31(40)35(7,8)9/h15-17,20,27H,10-14,18-19H2,1-9H3/b25-20-. The third kappa shape index (κ3) is 7.15. The van der Waals surface area contributed by atoms with E-state index in [0.717, 1.165) is 76.1 Å². The van der Waals surface area contributed by atoms with Crippen LogP contribution < -0.4 is 4.90 Å². The molecule has 1 unspecified atom stereocenters. The van der Waals surface area contributed by atoms with Crippen LogP contribution in [0.5, 0.6) is 0 Å². The second-order valence-electron chi connectivity index (χ2n) is 12.4. The van der Waals surface area contributed by atoms with E-state index in [4.69, 9.17) is 4.98 Å². The van der Waals surface area contributed by atoms with Crippen molar-refractivity contribution in [1.82, 2.24) is 9.88 Å². The number of benzene rings is 1. The molecule has 1 aromatic heterocycles. The zero-order chi connectivity index (χ0) is 32.1. The molecule has 0 saturated carbocycles. The van der Waals surface area contributed by atoms with Gasteiger partial charge in [0.2, 0.25) is 0 Å². The van der Waals surface area contributed by atoms with Crippen LogP contribution in [-0.2, 0) is 14.4 Å². The van der Waals surface area contributed by atoms with Crippen LogP contribution in [0.25, 0.3) is 17.3 Å². The minimum absolute atomic E-state index is 0.114. The Bertz CT molecular complexity index is 1460. The number of Topliss-reactive ketones (excluding diaryl/α,β-unsaturated/α-hetero) is 1. The van der Waals surface area contributed by atoms with Gasteiger partial charge in [-0.3, -0.25) is 19.3 Å². The molecule has 1 aliphatic rings. The zero-order valence-corrected chi connectivity index (χ0v) is 28.1. The van der Waals surface area contributed by atoms with Gasteiger partial charge in [-0.05, 0) is 62.8 Å². The Morgan fingerprint density at radius 1 is 1.05 bits per heavy atom. The minimum Gasteiger partial charge on any atom is -0.348 e. The van der Waals surface area contributed by atoms with Crippen LogP contribution in [0.4, 0.5) is 5.13 Å². The van der Waals surface area contributed by atoms with E-state index in [1.165, 1.54) is 11.3 Å². The van der Waals surface area contributed by atoms with Gasteiger partial charge in [-0.2, -0.15) is 5.26 Å². The lowest BCUT2D eigenvalue weighted by molar-refractivity contribution is -0.150. The van der Waals surface area contributed by atoms with Gasteiger partial charge in [0, 0.05) is 29.6 Å². The van der Waals surface area contributed by atoms with Crippen LogP contribution in [0.2, 0.25) is 0 Å². The molecule has 0 saturated heterocycles. The number of aromatic nitrogens is 1. The van der Waals surface area contributed by atoms with Crippen molar-refractivity contribution >= 4 is 40.1 Å². The molecule has 1 atom stereocenters. The number of imide groups is 1. The monoisotopic (exact) mass is 602 g/mol. The first-order valence-corrected chi connectivity index (χ1v) is 16.2. The summed E-state index contributed by atoms with van der Waals surface area (Å²) < 4.78 is 0. The van der Waals surface area contributed by atoms with Gasteiger partial charge in [0.1, 0.15) is 11.6 Å². The predicted molar refractivity (Wildman–Crippen MR) is 176 cm³/mol. The fraction of sp³-hybridized carbons (Fsp3) is 0.514. The first kappa shape index (κ1) is 33.9. The van der Waals surface area contributed by atoms with Crippen molar-refractivity contribution in [2.75, 3.05) is 18.0 Å². The lowest BCUT2D eigenvalue weighted by Gasteiger charge is -2.35. The normalized spacial score (nSPS) is 15.7. The summed E-state index contributed by atoms with van der Waals surface area (Å²) in [4.78, 5) is 50.4. The molecule has 0 radical (unpaired) electrons. The van der Waals surface area contributed by atoms with Crippen molar-refractivity contribution in [2.45, 2.75) is 100 Å². The van der Waals surface area contributed by atoms with Crippen molar-refractivity contribution in [2.24, 2.45) is 5.41 Å². The summed E-state index contributed by atoms with van der Waals surface area (Å²) in [7, 11) is 0. The molecule has 2 amide bonds. The molecule has 0 aliphatic carbocycles. The van der Waals surface area contributed by atoms with Crippen molar-refractivity contribution < 1.29 is 14.4 Å². The van der Waals surface area contributed by atoms with Crippen molar-refractivity contribution in [3.63, 3.8) is 0 Å². The zero-order valence-electron chi connectivity index (χ0n) is 27.3. The molecular weight excluding hydrogens is 556 g/mol. The molecule has 43 heavy (non-hydrogen) atoms. The lowest BCUT2D eigenvalue weighted by atomic mass is 9.83. The van der Waals surface area contributed by atoms with E-state index < -0.39 is 23.3 Å². The maximum Gasteiger partial charge on any atom is 0.272 e. The summed E-state index contributed by atoms with van der Waals surface area (Å²) in [5.41, 5.74) is 3.62. The van der Waals surface area contributed by atoms with E-state index >= 15 is 0 Å². The summed E-state index contributed by atoms with van der Waals surface area (Å²) in [6, 6.07) is 7.19. The number of nitrogens with zero attached hydrogens (tertiary/aromatic N) is 4. The molecule has 2 aromatic rings. The van der Waals surface area contributed by atoms with Crippen molar-refractivity contribution in [3.8, 4) is 17.3 Å².